The number of fused-ring (bicyclic) bond motifs is 2. The molecule has 0 atom stereocenters. The van der Waals surface area contributed by atoms with Crippen molar-refractivity contribution >= 4 is 35.3 Å². The Morgan fingerprint density at radius 3 is 2.30 bits per heavy atom. The Kier molecular flexibility index (Phi) is 5.07. The van der Waals surface area contributed by atoms with E-state index < -0.39 is 0 Å². The summed E-state index contributed by atoms with van der Waals surface area (Å²) in [6.07, 6.45) is 6.65. The Bertz CT molecular complexity index is 878. The Hall–Kier alpha value is -2.47. The number of anilines is 2. The minimum Gasteiger partial charge on any atom is -0.326 e. The van der Waals surface area contributed by atoms with Gasteiger partial charge in [-0.25, -0.2) is 4.79 Å². The monoisotopic (exact) mass is 381 g/mol. The van der Waals surface area contributed by atoms with Crippen LogP contribution in [0.1, 0.15) is 42.0 Å². The zero-order valence-electron chi connectivity index (χ0n) is 15.4. The minimum atomic E-state index is -0.209. The van der Waals surface area contributed by atoms with Crippen molar-refractivity contribution in [2.75, 3.05) is 10.6 Å². The zero-order chi connectivity index (χ0) is 18.8. The second kappa shape index (κ2) is 7.64. The molecule has 27 heavy (non-hydrogen) atoms. The van der Waals surface area contributed by atoms with Gasteiger partial charge in [0.1, 0.15) is 0 Å². The Balaban J connectivity index is 1.45. The summed E-state index contributed by atoms with van der Waals surface area (Å²) in [4.78, 5) is 24.6. The van der Waals surface area contributed by atoms with Crippen LogP contribution in [0.5, 0.6) is 0 Å². The van der Waals surface area contributed by atoms with E-state index in [0.29, 0.717) is 5.69 Å². The van der Waals surface area contributed by atoms with E-state index in [9.17, 15) is 9.59 Å². The van der Waals surface area contributed by atoms with Gasteiger partial charge in [-0.05, 0) is 90.9 Å². The molecule has 0 saturated heterocycles. The summed E-state index contributed by atoms with van der Waals surface area (Å²) in [5.74, 6) is -0.116. The normalized spacial score (nSPS) is 14.4. The Morgan fingerprint density at radius 2 is 1.63 bits per heavy atom. The number of hydrogen-bond donors (Lipinski definition) is 3. The number of carbonyl (C=O) groups excluding carboxylic acids is 2. The molecular weight excluding hydrogens is 358 g/mol. The van der Waals surface area contributed by atoms with Crippen LogP contribution in [-0.4, -0.2) is 11.9 Å². The second-order valence-electron chi connectivity index (χ2n) is 7.10. The second-order valence-corrected chi connectivity index (χ2v) is 7.98. The quantitative estimate of drug-likeness (QED) is 0.685. The SMILES string of the molecule is CC(=O)Nc1cccc(SNC(=O)Nc2c3c(cc4c2CCC4)CCC3)c1. The molecule has 6 heteroatoms. The molecule has 0 aromatic heterocycles. The van der Waals surface area contributed by atoms with Crippen molar-refractivity contribution in [3.63, 3.8) is 0 Å². The summed E-state index contributed by atoms with van der Waals surface area (Å²) < 4.78 is 2.86. The largest absolute Gasteiger partial charge is 0.329 e. The molecule has 0 radical (unpaired) electrons. The number of amides is 3. The van der Waals surface area contributed by atoms with E-state index in [2.05, 4.69) is 21.4 Å². The molecule has 2 aliphatic carbocycles. The molecule has 0 heterocycles. The topological polar surface area (TPSA) is 70.2 Å². The Labute approximate surface area is 163 Å². The van der Waals surface area contributed by atoms with Crippen molar-refractivity contribution in [1.82, 2.24) is 4.72 Å². The van der Waals surface area contributed by atoms with Gasteiger partial charge in [0.2, 0.25) is 5.91 Å². The van der Waals surface area contributed by atoms with Crippen LogP contribution in [0.25, 0.3) is 0 Å². The van der Waals surface area contributed by atoms with Gasteiger partial charge in [0.15, 0.2) is 0 Å². The Morgan fingerprint density at radius 1 is 0.926 bits per heavy atom. The third-order valence-corrected chi connectivity index (χ3v) is 5.90. The van der Waals surface area contributed by atoms with Crippen molar-refractivity contribution in [1.29, 1.82) is 0 Å². The highest BCUT2D eigenvalue weighted by molar-refractivity contribution is 7.98. The van der Waals surface area contributed by atoms with E-state index >= 15 is 0 Å². The van der Waals surface area contributed by atoms with Gasteiger partial charge >= 0.3 is 6.03 Å². The molecule has 2 aliphatic rings. The van der Waals surface area contributed by atoms with Gasteiger partial charge in [-0.15, -0.1) is 0 Å². The van der Waals surface area contributed by atoms with Crippen molar-refractivity contribution in [2.45, 2.75) is 50.3 Å². The van der Waals surface area contributed by atoms with E-state index in [1.54, 1.807) is 0 Å². The third-order valence-electron chi connectivity index (χ3n) is 5.13. The van der Waals surface area contributed by atoms with E-state index in [-0.39, 0.29) is 11.9 Å². The molecule has 2 aromatic carbocycles. The summed E-state index contributed by atoms with van der Waals surface area (Å²) in [6, 6.07) is 9.56. The molecule has 2 aromatic rings. The summed E-state index contributed by atoms with van der Waals surface area (Å²) in [7, 11) is 0. The predicted molar refractivity (Wildman–Crippen MR) is 109 cm³/mol. The third kappa shape index (κ3) is 3.95. The fourth-order valence-corrected chi connectivity index (χ4v) is 4.65. The first-order valence-corrected chi connectivity index (χ1v) is 10.2. The number of benzene rings is 2. The highest BCUT2D eigenvalue weighted by atomic mass is 32.2. The van der Waals surface area contributed by atoms with Crippen LogP contribution < -0.4 is 15.4 Å². The molecule has 5 nitrogen and oxygen atoms in total. The van der Waals surface area contributed by atoms with Crippen LogP contribution in [0.3, 0.4) is 0 Å². The predicted octanol–water partition coefficient (Wildman–Crippen LogP) is 4.45. The van der Waals surface area contributed by atoms with Gasteiger partial charge in [-0.2, -0.15) is 0 Å². The molecule has 3 amide bonds. The van der Waals surface area contributed by atoms with E-state index in [0.717, 1.165) is 36.3 Å². The fourth-order valence-electron chi connectivity index (χ4n) is 4.05. The van der Waals surface area contributed by atoms with Gasteiger partial charge in [0, 0.05) is 23.2 Å². The van der Waals surface area contributed by atoms with Crippen molar-refractivity contribution in [3.05, 3.63) is 52.6 Å². The molecule has 3 N–H and O–H groups in total. The first-order chi connectivity index (χ1) is 13.1. The zero-order valence-corrected chi connectivity index (χ0v) is 16.2. The highest BCUT2D eigenvalue weighted by Crippen LogP contribution is 2.38. The highest BCUT2D eigenvalue weighted by Gasteiger charge is 2.24. The van der Waals surface area contributed by atoms with Gasteiger partial charge in [-0.3, -0.25) is 9.52 Å². The molecular formula is C21H23N3O2S. The van der Waals surface area contributed by atoms with Crippen molar-refractivity contribution < 1.29 is 9.59 Å². The van der Waals surface area contributed by atoms with Crippen LogP contribution in [-0.2, 0) is 30.5 Å². The smallest absolute Gasteiger partial charge is 0.326 e. The summed E-state index contributed by atoms with van der Waals surface area (Å²) >= 11 is 1.24. The first kappa shape index (κ1) is 17.9. The van der Waals surface area contributed by atoms with Gasteiger partial charge < -0.3 is 10.6 Å². The summed E-state index contributed by atoms with van der Waals surface area (Å²) in [5, 5.41) is 5.87. The first-order valence-electron chi connectivity index (χ1n) is 9.38. The van der Waals surface area contributed by atoms with E-state index in [1.807, 2.05) is 24.3 Å². The lowest BCUT2D eigenvalue weighted by Crippen LogP contribution is -2.24. The van der Waals surface area contributed by atoms with E-state index in [1.165, 1.54) is 54.0 Å². The molecule has 4 rings (SSSR count). The molecule has 0 fully saturated rings. The van der Waals surface area contributed by atoms with Crippen LogP contribution in [0.2, 0.25) is 0 Å². The number of aryl methyl sites for hydroxylation is 2. The number of hydrogen-bond acceptors (Lipinski definition) is 3. The lowest BCUT2D eigenvalue weighted by Gasteiger charge is -2.16. The van der Waals surface area contributed by atoms with Crippen LogP contribution in [0.4, 0.5) is 16.2 Å². The summed E-state index contributed by atoms with van der Waals surface area (Å²) in [5.41, 5.74) is 7.21. The molecule has 140 valence electrons. The molecule has 0 bridgehead atoms. The number of rotatable bonds is 4. The van der Waals surface area contributed by atoms with Crippen molar-refractivity contribution in [2.24, 2.45) is 0 Å². The lowest BCUT2D eigenvalue weighted by atomic mass is 9.99. The van der Waals surface area contributed by atoms with Crippen LogP contribution in [0, 0.1) is 0 Å². The van der Waals surface area contributed by atoms with Gasteiger partial charge in [0.05, 0.1) is 0 Å². The minimum absolute atomic E-state index is 0.116. The van der Waals surface area contributed by atoms with Crippen LogP contribution in [0.15, 0.2) is 35.2 Å². The molecule has 0 unspecified atom stereocenters. The number of urea groups is 1. The number of carbonyl (C=O) groups is 2. The van der Waals surface area contributed by atoms with Gasteiger partial charge in [0.25, 0.3) is 0 Å². The average molecular weight is 382 g/mol. The number of nitrogens with one attached hydrogen (secondary N) is 3. The maximum absolute atomic E-state index is 12.5. The van der Waals surface area contributed by atoms with Gasteiger partial charge in [-0.1, -0.05) is 12.1 Å². The molecule has 0 aliphatic heterocycles. The van der Waals surface area contributed by atoms with Crippen LogP contribution >= 0.6 is 11.9 Å². The maximum atomic E-state index is 12.5. The average Bonchev–Trinajstić information content (AvgIpc) is 3.28. The standard InChI is InChI=1S/C21H23N3O2S/c1-13(25)22-16-7-4-8-17(12-16)27-24-21(26)23-20-18-9-2-5-14(18)11-15-6-3-10-19(15)20/h4,7-8,11-12H,2-3,5-6,9-10H2,1H3,(H,22,25)(H2,23,24,26). The lowest BCUT2D eigenvalue weighted by molar-refractivity contribution is -0.114. The summed E-state index contributed by atoms with van der Waals surface area (Å²) in [6.45, 7) is 1.47. The maximum Gasteiger partial charge on any atom is 0.329 e. The van der Waals surface area contributed by atoms with E-state index in [4.69, 9.17) is 0 Å². The molecule has 0 spiro atoms. The van der Waals surface area contributed by atoms with Crippen molar-refractivity contribution in [3.8, 4) is 0 Å². The fraction of sp³-hybridized carbons (Fsp3) is 0.333. The molecule has 0 saturated carbocycles.